The molecule has 4 rings (SSSR count). The van der Waals surface area contributed by atoms with Crippen LogP contribution in [0.25, 0.3) is 0 Å². The second-order valence-electron chi connectivity index (χ2n) is 7.51. The van der Waals surface area contributed by atoms with E-state index in [4.69, 9.17) is 4.98 Å². The number of nitrogens with zero attached hydrogens (tertiary/aromatic N) is 3. The van der Waals surface area contributed by atoms with E-state index in [2.05, 4.69) is 28.9 Å². The summed E-state index contributed by atoms with van der Waals surface area (Å²) >= 11 is 1.69. The van der Waals surface area contributed by atoms with Gasteiger partial charge in [-0.15, -0.1) is 0 Å². The van der Waals surface area contributed by atoms with Crippen molar-refractivity contribution in [2.45, 2.75) is 48.4 Å². The number of fused-ring (bicyclic) bond motifs is 2. The van der Waals surface area contributed by atoms with Crippen LogP contribution >= 0.6 is 11.8 Å². The Balaban J connectivity index is 1.83. The van der Waals surface area contributed by atoms with Crippen molar-refractivity contribution in [1.29, 1.82) is 0 Å². The lowest BCUT2D eigenvalue weighted by Crippen LogP contribution is -2.30. The van der Waals surface area contributed by atoms with Gasteiger partial charge in [0.2, 0.25) is 0 Å². The molecule has 1 aliphatic heterocycles. The predicted octanol–water partition coefficient (Wildman–Crippen LogP) is 5.44. The Morgan fingerprint density at radius 1 is 1.03 bits per heavy atom. The van der Waals surface area contributed by atoms with E-state index >= 15 is 0 Å². The van der Waals surface area contributed by atoms with Crippen molar-refractivity contribution in [2.75, 3.05) is 10.7 Å². The third-order valence-corrected chi connectivity index (χ3v) is 7.13. The zero-order chi connectivity index (χ0) is 21.8. The minimum absolute atomic E-state index is 0.170. The lowest BCUT2D eigenvalue weighted by molar-refractivity contribution is 0.475. The molecule has 1 N–H and O–H groups in total. The predicted molar refractivity (Wildman–Crippen MR) is 124 cm³/mol. The number of hydrogen-bond acceptors (Lipinski definition) is 6. The molecule has 0 aliphatic carbocycles. The summed E-state index contributed by atoms with van der Waals surface area (Å²) in [6.45, 7) is 2.14. The monoisotopic (exact) mass is 455 g/mol. The molecule has 3 aromatic rings. The van der Waals surface area contributed by atoms with Crippen LogP contribution in [0.2, 0.25) is 0 Å². The summed E-state index contributed by atoms with van der Waals surface area (Å²) in [5.74, 6) is 0.197. The van der Waals surface area contributed by atoms with E-state index in [-0.39, 0.29) is 12.2 Å². The van der Waals surface area contributed by atoms with Crippen LogP contribution in [-0.2, 0) is 16.5 Å². The summed E-state index contributed by atoms with van der Waals surface area (Å²) in [5.41, 5.74) is 2.90. The maximum absolute atomic E-state index is 11.6. The first-order valence-electron chi connectivity index (χ1n) is 10.4. The number of rotatable bonds is 8. The van der Waals surface area contributed by atoms with Gasteiger partial charge in [-0.1, -0.05) is 49.4 Å². The van der Waals surface area contributed by atoms with Gasteiger partial charge >= 0.3 is 0 Å². The second kappa shape index (κ2) is 9.38. The molecule has 0 bridgehead atoms. The average molecular weight is 456 g/mol. The van der Waals surface area contributed by atoms with Crippen LogP contribution < -0.4 is 4.90 Å². The van der Waals surface area contributed by atoms with Gasteiger partial charge in [0, 0.05) is 21.7 Å². The number of aromatic nitrogens is 2. The summed E-state index contributed by atoms with van der Waals surface area (Å²) < 4.78 is 32.8. The fraction of sp³-hybridized carbons (Fsp3) is 0.304. The maximum Gasteiger partial charge on any atom is 0.264 e. The number of benzene rings is 2. The highest BCUT2D eigenvalue weighted by molar-refractivity contribution is 7.99. The summed E-state index contributed by atoms with van der Waals surface area (Å²) in [6, 6.07) is 17.6. The first-order valence-corrected chi connectivity index (χ1v) is 12.8. The highest BCUT2D eigenvalue weighted by atomic mass is 32.2. The Hall–Kier alpha value is -2.42. The van der Waals surface area contributed by atoms with Gasteiger partial charge in [-0.25, -0.2) is 9.97 Å². The minimum atomic E-state index is -4.13. The standard InChI is InChI=1S/C23H25N3O3S2/c1-2-3-8-17-13-15-24-23(25-17)20(14-16-31(27,28)29)26-18-9-4-6-11-21(18)30-22-12-7-5-10-19(22)26/h4-7,9-13,15,20H,2-3,8,14,16H2,1H3,(H,27,28,29). The zero-order valence-electron chi connectivity index (χ0n) is 17.3. The van der Waals surface area contributed by atoms with Gasteiger partial charge in [0.1, 0.15) is 0 Å². The van der Waals surface area contributed by atoms with E-state index in [0.717, 1.165) is 46.1 Å². The summed E-state index contributed by atoms with van der Waals surface area (Å²) in [7, 11) is -4.13. The van der Waals surface area contributed by atoms with Crippen molar-refractivity contribution in [2.24, 2.45) is 0 Å². The number of para-hydroxylation sites is 2. The Labute approximate surface area is 187 Å². The maximum atomic E-state index is 11.6. The largest absolute Gasteiger partial charge is 0.329 e. The fourth-order valence-electron chi connectivity index (χ4n) is 3.77. The van der Waals surface area contributed by atoms with Crippen LogP contribution in [0.3, 0.4) is 0 Å². The smallest absolute Gasteiger partial charge is 0.264 e. The lowest BCUT2D eigenvalue weighted by Gasteiger charge is -2.38. The van der Waals surface area contributed by atoms with Crippen LogP contribution in [0.4, 0.5) is 11.4 Å². The van der Waals surface area contributed by atoms with Crippen molar-refractivity contribution in [3.05, 3.63) is 72.3 Å². The molecule has 0 fully saturated rings. The summed E-state index contributed by atoms with van der Waals surface area (Å²) in [5, 5.41) is 0. The molecule has 1 aliphatic rings. The molecule has 0 amide bonds. The number of aryl methyl sites for hydroxylation is 1. The number of unbranched alkanes of at least 4 members (excludes halogenated alkanes) is 1. The zero-order valence-corrected chi connectivity index (χ0v) is 18.9. The second-order valence-corrected chi connectivity index (χ2v) is 10.2. The average Bonchev–Trinajstić information content (AvgIpc) is 2.76. The molecule has 0 saturated heterocycles. The first kappa shape index (κ1) is 21.8. The molecule has 1 unspecified atom stereocenters. The van der Waals surface area contributed by atoms with Crippen molar-refractivity contribution >= 4 is 33.3 Å². The molecular weight excluding hydrogens is 430 g/mol. The fourth-order valence-corrected chi connectivity index (χ4v) is 5.37. The van der Waals surface area contributed by atoms with Gasteiger partial charge in [-0.3, -0.25) is 4.55 Å². The van der Waals surface area contributed by atoms with Gasteiger partial charge in [-0.2, -0.15) is 8.42 Å². The third kappa shape index (κ3) is 5.08. The summed E-state index contributed by atoms with van der Waals surface area (Å²) in [6.07, 6.45) is 4.85. The number of hydrogen-bond donors (Lipinski definition) is 1. The topological polar surface area (TPSA) is 83.4 Å². The molecule has 31 heavy (non-hydrogen) atoms. The molecular formula is C23H25N3O3S2. The molecule has 1 aromatic heterocycles. The van der Waals surface area contributed by atoms with E-state index in [1.165, 1.54) is 0 Å². The molecule has 1 atom stereocenters. The molecule has 162 valence electrons. The van der Waals surface area contributed by atoms with Crippen molar-refractivity contribution < 1.29 is 13.0 Å². The van der Waals surface area contributed by atoms with Gasteiger partial charge in [0.05, 0.1) is 23.2 Å². The SMILES string of the molecule is CCCCc1ccnc(C(CCS(=O)(=O)O)N2c3ccccc3Sc3ccccc32)n1. The van der Waals surface area contributed by atoms with E-state index in [9.17, 15) is 13.0 Å². The Morgan fingerprint density at radius 3 is 2.29 bits per heavy atom. The van der Waals surface area contributed by atoms with E-state index < -0.39 is 16.2 Å². The molecule has 0 saturated carbocycles. The number of anilines is 2. The van der Waals surface area contributed by atoms with E-state index in [0.29, 0.717) is 5.82 Å². The Bertz CT molecular complexity index is 1120. The highest BCUT2D eigenvalue weighted by Gasteiger charge is 2.32. The van der Waals surface area contributed by atoms with Crippen LogP contribution in [0.1, 0.15) is 43.7 Å². The van der Waals surface area contributed by atoms with Crippen molar-refractivity contribution in [3.63, 3.8) is 0 Å². The normalized spacial score (nSPS) is 14.1. The molecule has 8 heteroatoms. The van der Waals surface area contributed by atoms with Crippen molar-refractivity contribution in [3.8, 4) is 0 Å². The first-order chi connectivity index (χ1) is 15.0. The van der Waals surface area contributed by atoms with Crippen LogP contribution in [-0.4, -0.2) is 28.7 Å². The van der Waals surface area contributed by atoms with Crippen LogP contribution in [0.5, 0.6) is 0 Å². The molecule has 2 aromatic carbocycles. The van der Waals surface area contributed by atoms with E-state index in [1.54, 1.807) is 18.0 Å². The van der Waals surface area contributed by atoms with E-state index in [1.807, 2.05) is 42.5 Å². The van der Waals surface area contributed by atoms with Crippen LogP contribution in [0.15, 0.2) is 70.6 Å². The third-order valence-electron chi connectivity index (χ3n) is 5.25. The quantitative estimate of drug-likeness (QED) is 0.453. The molecule has 2 heterocycles. The minimum Gasteiger partial charge on any atom is -0.329 e. The lowest BCUT2D eigenvalue weighted by atomic mass is 10.1. The van der Waals surface area contributed by atoms with Crippen LogP contribution in [0, 0.1) is 0 Å². The molecule has 0 spiro atoms. The van der Waals surface area contributed by atoms with Crippen molar-refractivity contribution in [1.82, 2.24) is 9.97 Å². The van der Waals surface area contributed by atoms with Gasteiger partial charge in [0.25, 0.3) is 10.1 Å². The summed E-state index contributed by atoms with van der Waals surface area (Å²) in [4.78, 5) is 13.6. The van der Waals surface area contributed by atoms with Gasteiger partial charge in [-0.05, 0) is 49.6 Å². The Kier molecular flexibility index (Phi) is 6.60. The van der Waals surface area contributed by atoms with Gasteiger partial charge in [0.15, 0.2) is 5.82 Å². The molecule has 6 nitrogen and oxygen atoms in total. The highest BCUT2D eigenvalue weighted by Crippen LogP contribution is 2.51. The Morgan fingerprint density at radius 2 is 1.68 bits per heavy atom. The van der Waals surface area contributed by atoms with Gasteiger partial charge < -0.3 is 4.90 Å². The molecule has 0 radical (unpaired) electrons.